The van der Waals surface area contributed by atoms with Crippen LogP contribution < -0.4 is 5.32 Å². The van der Waals surface area contributed by atoms with Crippen LogP contribution in [-0.2, 0) is 4.79 Å². The molecule has 0 bridgehead atoms. The first-order valence-corrected chi connectivity index (χ1v) is 10.2. The van der Waals surface area contributed by atoms with E-state index in [-0.39, 0.29) is 5.91 Å². The van der Waals surface area contributed by atoms with Gasteiger partial charge in [-0.1, -0.05) is 87.6 Å². The molecular formula is C18H36BrNO. The molecule has 0 aliphatic heterocycles. The Kier molecular flexibility index (Phi) is 16.3. The molecule has 1 unspecified atom stereocenters. The molecule has 0 aromatic heterocycles. The summed E-state index contributed by atoms with van der Waals surface area (Å²) >= 11 is 3.47. The zero-order chi connectivity index (χ0) is 15.8. The van der Waals surface area contributed by atoms with E-state index in [0.29, 0.717) is 12.3 Å². The Morgan fingerprint density at radius 2 is 1.52 bits per heavy atom. The van der Waals surface area contributed by atoms with E-state index in [1.807, 2.05) is 0 Å². The van der Waals surface area contributed by atoms with Gasteiger partial charge < -0.3 is 5.32 Å². The summed E-state index contributed by atoms with van der Waals surface area (Å²) in [4.78, 5) is 11.8. The number of unbranched alkanes of at least 4 members (excludes halogenated alkanes) is 8. The lowest BCUT2D eigenvalue weighted by molar-refractivity contribution is -0.121. The Bertz CT molecular complexity index is 233. The molecule has 21 heavy (non-hydrogen) atoms. The molecule has 2 nitrogen and oxygen atoms in total. The van der Waals surface area contributed by atoms with E-state index in [0.717, 1.165) is 31.1 Å². The number of alkyl halides is 1. The van der Waals surface area contributed by atoms with E-state index < -0.39 is 0 Å². The molecule has 0 fully saturated rings. The molecule has 0 saturated carbocycles. The van der Waals surface area contributed by atoms with Crippen molar-refractivity contribution >= 4 is 21.8 Å². The van der Waals surface area contributed by atoms with Crippen molar-refractivity contribution in [1.82, 2.24) is 5.32 Å². The molecular weight excluding hydrogens is 326 g/mol. The van der Waals surface area contributed by atoms with Gasteiger partial charge in [-0.15, -0.1) is 0 Å². The Hall–Kier alpha value is -0.0500. The average molecular weight is 362 g/mol. The first kappa shape index (κ1) is 20.9. The van der Waals surface area contributed by atoms with E-state index >= 15 is 0 Å². The lowest BCUT2D eigenvalue weighted by atomic mass is 10.0. The lowest BCUT2D eigenvalue weighted by Gasteiger charge is -2.14. The van der Waals surface area contributed by atoms with E-state index in [9.17, 15) is 4.79 Å². The maximum absolute atomic E-state index is 11.8. The van der Waals surface area contributed by atoms with Crippen LogP contribution in [0.15, 0.2) is 0 Å². The molecule has 0 radical (unpaired) electrons. The highest BCUT2D eigenvalue weighted by Gasteiger charge is 2.07. The third-order valence-electron chi connectivity index (χ3n) is 4.19. The van der Waals surface area contributed by atoms with Crippen LogP contribution in [0.5, 0.6) is 0 Å². The monoisotopic (exact) mass is 361 g/mol. The highest BCUT2D eigenvalue weighted by atomic mass is 79.9. The minimum Gasteiger partial charge on any atom is -0.356 e. The summed E-state index contributed by atoms with van der Waals surface area (Å²) in [5.74, 6) is 0.863. The second-order valence-corrected chi connectivity index (χ2v) is 6.93. The van der Waals surface area contributed by atoms with Gasteiger partial charge in [0, 0.05) is 18.3 Å². The predicted molar refractivity (Wildman–Crippen MR) is 97.0 cm³/mol. The van der Waals surface area contributed by atoms with Crippen molar-refractivity contribution in [1.29, 1.82) is 0 Å². The molecule has 0 heterocycles. The highest BCUT2D eigenvalue weighted by molar-refractivity contribution is 9.09. The van der Waals surface area contributed by atoms with Crippen molar-refractivity contribution in [3.05, 3.63) is 0 Å². The van der Waals surface area contributed by atoms with Crippen LogP contribution in [0, 0.1) is 5.92 Å². The van der Waals surface area contributed by atoms with E-state index in [2.05, 4.69) is 35.1 Å². The van der Waals surface area contributed by atoms with Gasteiger partial charge in [-0.3, -0.25) is 4.79 Å². The molecule has 0 spiro atoms. The Morgan fingerprint density at radius 1 is 0.952 bits per heavy atom. The van der Waals surface area contributed by atoms with E-state index in [1.165, 1.54) is 51.4 Å². The zero-order valence-corrected chi connectivity index (χ0v) is 15.8. The zero-order valence-electron chi connectivity index (χ0n) is 14.3. The summed E-state index contributed by atoms with van der Waals surface area (Å²) < 4.78 is 0. The number of nitrogens with one attached hydrogen (secondary N) is 1. The molecule has 0 saturated heterocycles. The minimum absolute atomic E-state index is 0.242. The molecule has 0 aromatic carbocycles. The minimum atomic E-state index is 0.242. The number of carbonyl (C=O) groups excluding carboxylic acids is 1. The maximum atomic E-state index is 11.8. The van der Waals surface area contributed by atoms with Crippen molar-refractivity contribution < 1.29 is 4.79 Å². The number of hydrogen-bond acceptors (Lipinski definition) is 1. The predicted octanol–water partition coefficient (Wildman–Crippen LogP) is 5.83. The average Bonchev–Trinajstić information content (AvgIpc) is 2.49. The van der Waals surface area contributed by atoms with Gasteiger partial charge >= 0.3 is 0 Å². The van der Waals surface area contributed by atoms with Crippen molar-refractivity contribution in [2.24, 2.45) is 5.92 Å². The third kappa shape index (κ3) is 14.6. The van der Waals surface area contributed by atoms with Crippen molar-refractivity contribution in [3.8, 4) is 0 Å². The van der Waals surface area contributed by atoms with Gasteiger partial charge in [0.15, 0.2) is 0 Å². The molecule has 1 atom stereocenters. The number of hydrogen-bond donors (Lipinski definition) is 1. The summed E-state index contributed by atoms with van der Waals surface area (Å²) in [6.45, 7) is 5.30. The summed E-state index contributed by atoms with van der Waals surface area (Å²) in [5.41, 5.74) is 0. The number of rotatable bonds is 15. The molecule has 0 aromatic rings. The first-order valence-electron chi connectivity index (χ1n) is 9.07. The SMILES string of the molecule is CCCCCCCCCCCC(=O)NCC(CC)CCBr. The summed E-state index contributed by atoms with van der Waals surface area (Å²) in [7, 11) is 0. The number of halogens is 1. The van der Waals surface area contributed by atoms with Crippen LogP contribution in [0.4, 0.5) is 0 Å². The van der Waals surface area contributed by atoms with E-state index in [4.69, 9.17) is 0 Å². The van der Waals surface area contributed by atoms with Crippen LogP contribution >= 0.6 is 15.9 Å². The fraction of sp³-hybridized carbons (Fsp3) is 0.944. The Labute approximate surface area is 141 Å². The van der Waals surface area contributed by atoms with E-state index in [1.54, 1.807) is 0 Å². The molecule has 1 amide bonds. The number of carbonyl (C=O) groups is 1. The molecule has 3 heteroatoms. The second kappa shape index (κ2) is 16.3. The fourth-order valence-corrected chi connectivity index (χ4v) is 3.20. The Balaban J connectivity index is 3.33. The molecule has 0 aliphatic rings. The largest absolute Gasteiger partial charge is 0.356 e. The molecule has 0 aliphatic carbocycles. The van der Waals surface area contributed by atoms with Crippen molar-refractivity contribution in [2.75, 3.05) is 11.9 Å². The number of amides is 1. The molecule has 0 rings (SSSR count). The van der Waals surface area contributed by atoms with Crippen LogP contribution in [0.2, 0.25) is 0 Å². The highest BCUT2D eigenvalue weighted by Crippen LogP contribution is 2.11. The first-order chi connectivity index (χ1) is 10.2. The quantitative estimate of drug-likeness (QED) is 0.288. The van der Waals surface area contributed by atoms with Gasteiger partial charge in [-0.25, -0.2) is 0 Å². The van der Waals surface area contributed by atoms with Crippen molar-refractivity contribution in [3.63, 3.8) is 0 Å². The maximum Gasteiger partial charge on any atom is 0.220 e. The summed E-state index contributed by atoms with van der Waals surface area (Å²) in [5, 5.41) is 4.11. The second-order valence-electron chi connectivity index (χ2n) is 6.13. The third-order valence-corrected chi connectivity index (χ3v) is 4.65. The van der Waals surface area contributed by atoms with Crippen molar-refractivity contribution in [2.45, 2.75) is 90.9 Å². The lowest BCUT2D eigenvalue weighted by Crippen LogP contribution is -2.29. The van der Waals surface area contributed by atoms with Crippen LogP contribution in [0.3, 0.4) is 0 Å². The standard InChI is InChI=1S/C18H36BrNO/c1-3-5-6-7-8-9-10-11-12-13-18(21)20-16-17(4-2)14-15-19/h17H,3-16H2,1-2H3,(H,20,21). The van der Waals surface area contributed by atoms with Gasteiger partial charge in [0.05, 0.1) is 0 Å². The van der Waals surface area contributed by atoms with Crippen LogP contribution in [-0.4, -0.2) is 17.8 Å². The topological polar surface area (TPSA) is 29.1 Å². The normalized spacial score (nSPS) is 12.3. The molecule has 126 valence electrons. The smallest absolute Gasteiger partial charge is 0.220 e. The summed E-state index contributed by atoms with van der Waals surface area (Å²) in [6, 6.07) is 0. The molecule has 1 N–H and O–H groups in total. The van der Waals surface area contributed by atoms with Gasteiger partial charge in [-0.2, -0.15) is 0 Å². The van der Waals surface area contributed by atoms with Gasteiger partial charge in [0.1, 0.15) is 0 Å². The fourth-order valence-electron chi connectivity index (χ4n) is 2.55. The Morgan fingerprint density at radius 3 is 2.05 bits per heavy atom. The van der Waals surface area contributed by atoms with Gasteiger partial charge in [0.2, 0.25) is 5.91 Å². The van der Waals surface area contributed by atoms with Gasteiger partial charge in [-0.05, 0) is 18.8 Å². The van der Waals surface area contributed by atoms with Crippen LogP contribution in [0.1, 0.15) is 90.9 Å². The summed E-state index contributed by atoms with van der Waals surface area (Å²) in [6.07, 6.45) is 14.8. The van der Waals surface area contributed by atoms with Crippen LogP contribution in [0.25, 0.3) is 0 Å². The van der Waals surface area contributed by atoms with Gasteiger partial charge in [0.25, 0.3) is 0 Å².